The van der Waals surface area contributed by atoms with Gasteiger partial charge in [-0.1, -0.05) is 13.8 Å². The Morgan fingerprint density at radius 2 is 1.77 bits per heavy atom. The van der Waals surface area contributed by atoms with E-state index in [0.29, 0.717) is 0 Å². The van der Waals surface area contributed by atoms with Gasteiger partial charge in [0.05, 0.1) is 0 Å². The number of rotatable bonds is 7. The van der Waals surface area contributed by atoms with Gasteiger partial charge in [0, 0.05) is 45.3 Å². The Labute approximate surface area is 133 Å². The van der Waals surface area contributed by atoms with Crippen molar-refractivity contribution in [1.82, 2.24) is 14.9 Å². The van der Waals surface area contributed by atoms with E-state index in [2.05, 4.69) is 39.7 Å². The van der Waals surface area contributed by atoms with E-state index in [1.165, 1.54) is 0 Å². The molecule has 2 rings (SSSR count). The molecule has 0 unspecified atom stereocenters. The third-order valence-corrected chi connectivity index (χ3v) is 3.91. The molecule has 1 fully saturated rings. The highest BCUT2D eigenvalue weighted by atomic mass is 16.1. The molecule has 1 aromatic rings. The molecule has 122 valence electrons. The standard InChI is InChI=1S/C16H27N5O/c1-4-6-20(7-5-2)15-12-16(18-14(3)17-15)21-10-8-19(13-22)9-11-21/h12-13H,4-11H2,1-3H3. The molecule has 1 amide bonds. The fraction of sp³-hybridized carbons (Fsp3) is 0.688. The van der Waals surface area contributed by atoms with Gasteiger partial charge in [0.1, 0.15) is 17.5 Å². The normalized spacial score (nSPS) is 15.0. The van der Waals surface area contributed by atoms with Crippen LogP contribution in [0.15, 0.2) is 6.07 Å². The first-order chi connectivity index (χ1) is 10.7. The molecule has 6 nitrogen and oxygen atoms in total. The summed E-state index contributed by atoms with van der Waals surface area (Å²) in [6.07, 6.45) is 3.14. The lowest BCUT2D eigenvalue weighted by molar-refractivity contribution is -0.118. The van der Waals surface area contributed by atoms with Gasteiger partial charge in [0.15, 0.2) is 0 Å². The molecular formula is C16H27N5O. The number of nitrogens with zero attached hydrogens (tertiary/aromatic N) is 5. The largest absolute Gasteiger partial charge is 0.356 e. The number of carbonyl (C=O) groups is 1. The lowest BCUT2D eigenvalue weighted by atomic mass is 10.3. The molecular weight excluding hydrogens is 278 g/mol. The molecule has 0 bridgehead atoms. The van der Waals surface area contributed by atoms with Crippen LogP contribution in [-0.4, -0.2) is 60.5 Å². The number of hydrogen-bond donors (Lipinski definition) is 0. The van der Waals surface area contributed by atoms with E-state index in [0.717, 1.165) is 76.0 Å². The molecule has 0 aliphatic carbocycles. The molecule has 0 radical (unpaired) electrons. The molecule has 22 heavy (non-hydrogen) atoms. The lowest BCUT2D eigenvalue weighted by Gasteiger charge is -2.34. The molecule has 0 N–H and O–H groups in total. The number of aromatic nitrogens is 2. The van der Waals surface area contributed by atoms with Crippen LogP contribution in [0.5, 0.6) is 0 Å². The van der Waals surface area contributed by atoms with Crippen LogP contribution in [0.3, 0.4) is 0 Å². The minimum atomic E-state index is 0.759. The molecule has 2 heterocycles. The van der Waals surface area contributed by atoms with Crippen LogP contribution < -0.4 is 9.80 Å². The molecule has 6 heteroatoms. The summed E-state index contributed by atoms with van der Waals surface area (Å²) in [6.45, 7) is 11.5. The van der Waals surface area contributed by atoms with Gasteiger partial charge in [-0.05, 0) is 19.8 Å². The second-order valence-corrected chi connectivity index (χ2v) is 5.75. The summed E-state index contributed by atoms with van der Waals surface area (Å²) < 4.78 is 0. The van der Waals surface area contributed by atoms with Crippen LogP contribution in [0.2, 0.25) is 0 Å². The molecule has 0 saturated carbocycles. The van der Waals surface area contributed by atoms with Gasteiger partial charge in [-0.25, -0.2) is 9.97 Å². The van der Waals surface area contributed by atoms with E-state index >= 15 is 0 Å². The maximum Gasteiger partial charge on any atom is 0.209 e. The van der Waals surface area contributed by atoms with Crippen molar-refractivity contribution < 1.29 is 4.79 Å². The molecule has 1 aliphatic rings. The Kier molecular flexibility index (Phi) is 5.98. The van der Waals surface area contributed by atoms with Gasteiger partial charge in [-0.15, -0.1) is 0 Å². The SMILES string of the molecule is CCCN(CCC)c1cc(N2CCN(C=O)CC2)nc(C)n1. The second-order valence-electron chi connectivity index (χ2n) is 5.75. The highest BCUT2D eigenvalue weighted by Crippen LogP contribution is 2.20. The van der Waals surface area contributed by atoms with Gasteiger partial charge in [0.25, 0.3) is 0 Å². The van der Waals surface area contributed by atoms with Crippen LogP contribution >= 0.6 is 0 Å². The number of carbonyl (C=O) groups excluding carboxylic acids is 1. The van der Waals surface area contributed by atoms with Crippen molar-refractivity contribution in [3.05, 3.63) is 11.9 Å². The molecule has 1 aliphatic heterocycles. The minimum Gasteiger partial charge on any atom is -0.356 e. The van der Waals surface area contributed by atoms with Crippen molar-refractivity contribution in [3.8, 4) is 0 Å². The highest BCUT2D eigenvalue weighted by Gasteiger charge is 2.18. The Bertz CT molecular complexity index is 479. The average Bonchev–Trinajstić information content (AvgIpc) is 2.54. The van der Waals surface area contributed by atoms with E-state index in [1.54, 1.807) is 0 Å². The molecule has 0 spiro atoms. The first-order valence-electron chi connectivity index (χ1n) is 8.22. The van der Waals surface area contributed by atoms with Crippen LogP contribution in [0.4, 0.5) is 11.6 Å². The number of anilines is 2. The summed E-state index contributed by atoms with van der Waals surface area (Å²) >= 11 is 0. The number of piperazine rings is 1. The maximum absolute atomic E-state index is 10.8. The maximum atomic E-state index is 10.8. The predicted octanol–water partition coefficient (Wildman–Crippen LogP) is 1.69. The summed E-state index contributed by atoms with van der Waals surface area (Å²) in [4.78, 5) is 26.4. The summed E-state index contributed by atoms with van der Waals surface area (Å²) in [5.74, 6) is 2.80. The van der Waals surface area contributed by atoms with E-state index < -0.39 is 0 Å². The first-order valence-corrected chi connectivity index (χ1v) is 8.22. The zero-order valence-electron chi connectivity index (χ0n) is 14.0. The predicted molar refractivity (Wildman–Crippen MR) is 89.4 cm³/mol. The average molecular weight is 305 g/mol. The van der Waals surface area contributed by atoms with Crippen LogP contribution in [0.1, 0.15) is 32.5 Å². The molecule has 1 aromatic heterocycles. The minimum absolute atomic E-state index is 0.759. The van der Waals surface area contributed by atoms with Crippen LogP contribution in [-0.2, 0) is 4.79 Å². The number of aryl methyl sites for hydroxylation is 1. The Morgan fingerprint density at radius 1 is 1.14 bits per heavy atom. The monoisotopic (exact) mass is 305 g/mol. The first kappa shape index (κ1) is 16.5. The summed E-state index contributed by atoms with van der Waals surface area (Å²) in [6, 6.07) is 2.09. The Balaban J connectivity index is 2.17. The smallest absolute Gasteiger partial charge is 0.209 e. The van der Waals surface area contributed by atoms with E-state index in [1.807, 2.05) is 11.8 Å². The third kappa shape index (κ3) is 4.08. The van der Waals surface area contributed by atoms with E-state index in [9.17, 15) is 4.79 Å². The van der Waals surface area contributed by atoms with Gasteiger partial charge < -0.3 is 14.7 Å². The zero-order chi connectivity index (χ0) is 15.9. The van der Waals surface area contributed by atoms with Crippen molar-refractivity contribution >= 4 is 18.0 Å². The topological polar surface area (TPSA) is 52.6 Å². The van der Waals surface area contributed by atoms with Gasteiger partial charge in [0.2, 0.25) is 6.41 Å². The summed E-state index contributed by atoms with van der Waals surface area (Å²) in [5.41, 5.74) is 0. The number of amides is 1. The molecule has 0 aromatic carbocycles. The van der Waals surface area contributed by atoms with Crippen molar-refractivity contribution in [2.45, 2.75) is 33.6 Å². The van der Waals surface area contributed by atoms with Crippen molar-refractivity contribution in [2.75, 3.05) is 49.1 Å². The van der Waals surface area contributed by atoms with Gasteiger partial charge in [-0.3, -0.25) is 4.79 Å². The van der Waals surface area contributed by atoms with Gasteiger partial charge in [-0.2, -0.15) is 0 Å². The second kappa shape index (κ2) is 7.96. The molecule has 0 atom stereocenters. The molecule has 1 saturated heterocycles. The lowest BCUT2D eigenvalue weighted by Crippen LogP contribution is -2.46. The third-order valence-electron chi connectivity index (χ3n) is 3.91. The summed E-state index contributed by atoms with van der Waals surface area (Å²) in [7, 11) is 0. The highest BCUT2D eigenvalue weighted by molar-refractivity contribution is 5.53. The zero-order valence-corrected chi connectivity index (χ0v) is 14.0. The quantitative estimate of drug-likeness (QED) is 0.718. The number of hydrogen-bond acceptors (Lipinski definition) is 5. The Hall–Kier alpha value is -1.85. The van der Waals surface area contributed by atoms with Crippen LogP contribution in [0, 0.1) is 6.92 Å². The fourth-order valence-electron chi connectivity index (χ4n) is 2.80. The Morgan fingerprint density at radius 3 is 2.32 bits per heavy atom. The summed E-state index contributed by atoms with van der Waals surface area (Å²) in [5, 5.41) is 0. The van der Waals surface area contributed by atoms with Crippen molar-refractivity contribution in [1.29, 1.82) is 0 Å². The fourth-order valence-corrected chi connectivity index (χ4v) is 2.80. The van der Waals surface area contributed by atoms with Crippen molar-refractivity contribution in [3.63, 3.8) is 0 Å². The van der Waals surface area contributed by atoms with E-state index in [4.69, 9.17) is 0 Å². The van der Waals surface area contributed by atoms with E-state index in [-0.39, 0.29) is 0 Å². The van der Waals surface area contributed by atoms with Gasteiger partial charge >= 0.3 is 0 Å². The van der Waals surface area contributed by atoms with Crippen LogP contribution in [0.25, 0.3) is 0 Å². The van der Waals surface area contributed by atoms with Crippen molar-refractivity contribution in [2.24, 2.45) is 0 Å².